The lowest BCUT2D eigenvalue weighted by atomic mass is 10.1. The average molecular weight is 529 g/mol. The Morgan fingerprint density at radius 2 is 1.81 bits per heavy atom. The molecule has 0 spiro atoms. The van der Waals surface area contributed by atoms with Crippen LogP contribution in [0.1, 0.15) is 29.4 Å². The number of morpholine rings is 1. The molecule has 1 fully saturated rings. The number of aryl methyl sites for hydroxylation is 2. The van der Waals surface area contributed by atoms with E-state index >= 15 is 0 Å². The second kappa shape index (κ2) is 11.2. The number of nitrogens with zero attached hydrogens (tertiary/aromatic N) is 3. The molecule has 0 saturated carbocycles. The summed E-state index contributed by atoms with van der Waals surface area (Å²) in [7, 11) is -3.75. The predicted molar refractivity (Wildman–Crippen MR) is 136 cm³/mol. The maximum atomic E-state index is 13.0. The van der Waals surface area contributed by atoms with Gasteiger partial charge in [-0.15, -0.1) is 0 Å². The van der Waals surface area contributed by atoms with E-state index < -0.39 is 28.5 Å². The Hall–Kier alpha value is -3.61. The number of amides is 1. The molecule has 1 aliphatic heterocycles. The summed E-state index contributed by atoms with van der Waals surface area (Å²) >= 11 is 0. The zero-order valence-corrected chi connectivity index (χ0v) is 21.4. The number of hydrogen-bond donors (Lipinski definition) is 1. The molecule has 2 aromatic carbocycles. The van der Waals surface area contributed by atoms with Crippen LogP contribution in [-0.2, 0) is 30.8 Å². The van der Waals surface area contributed by atoms with Gasteiger partial charge in [0.25, 0.3) is 11.5 Å². The monoisotopic (exact) mass is 528 g/mol. The van der Waals surface area contributed by atoms with Gasteiger partial charge in [0.15, 0.2) is 12.3 Å². The molecule has 11 nitrogen and oxygen atoms in total. The highest BCUT2D eigenvalue weighted by Gasteiger charge is 2.27. The van der Waals surface area contributed by atoms with Gasteiger partial charge in [-0.3, -0.25) is 9.59 Å². The van der Waals surface area contributed by atoms with Crippen LogP contribution in [0.2, 0.25) is 0 Å². The van der Waals surface area contributed by atoms with E-state index in [9.17, 15) is 22.8 Å². The normalized spacial score (nSPS) is 14.4. The highest BCUT2D eigenvalue weighted by molar-refractivity contribution is 7.89. The Morgan fingerprint density at radius 1 is 1.11 bits per heavy atom. The van der Waals surface area contributed by atoms with Crippen molar-refractivity contribution in [2.75, 3.05) is 38.2 Å². The van der Waals surface area contributed by atoms with E-state index in [1.165, 1.54) is 21.1 Å². The molecule has 1 aromatic heterocycles. The van der Waals surface area contributed by atoms with Gasteiger partial charge in [0, 0.05) is 30.7 Å². The maximum Gasteiger partial charge on any atom is 0.359 e. The molecular formula is C25H28N4O7S. The first kappa shape index (κ1) is 26.5. The van der Waals surface area contributed by atoms with Crippen molar-refractivity contribution in [1.29, 1.82) is 0 Å². The maximum absolute atomic E-state index is 13.0. The summed E-state index contributed by atoms with van der Waals surface area (Å²) in [6, 6.07) is 11.0. The van der Waals surface area contributed by atoms with E-state index in [4.69, 9.17) is 9.47 Å². The van der Waals surface area contributed by atoms with Crippen molar-refractivity contribution in [3.63, 3.8) is 0 Å². The molecule has 4 rings (SSSR count). The van der Waals surface area contributed by atoms with Crippen LogP contribution in [0, 0.1) is 6.92 Å². The summed E-state index contributed by atoms with van der Waals surface area (Å²) < 4.78 is 38.9. The number of carbonyl (C=O) groups excluding carboxylic acids is 2. The number of aromatic nitrogens is 2. The standard InChI is InChI=1S/C25H28N4O7S/c1-3-10-29-24(31)20-7-5-4-6-19(20)23(27-29)25(32)36-16-22(30)26-21-15-18(9-8-17(21)2)37(33,34)28-11-13-35-14-12-28/h4-9,15H,3,10-14,16H2,1-2H3,(H,26,30). The Morgan fingerprint density at radius 3 is 2.51 bits per heavy atom. The molecule has 0 atom stereocenters. The second-order valence-corrected chi connectivity index (χ2v) is 10.5. The van der Waals surface area contributed by atoms with Gasteiger partial charge in [-0.1, -0.05) is 31.2 Å². The summed E-state index contributed by atoms with van der Waals surface area (Å²) in [5, 5.41) is 7.44. The van der Waals surface area contributed by atoms with Crippen molar-refractivity contribution in [2.24, 2.45) is 0 Å². The van der Waals surface area contributed by atoms with E-state index in [1.54, 1.807) is 37.3 Å². The largest absolute Gasteiger partial charge is 0.451 e. The zero-order valence-electron chi connectivity index (χ0n) is 20.6. The van der Waals surface area contributed by atoms with Gasteiger partial charge in [-0.05, 0) is 37.1 Å². The number of anilines is 1. The van der Waals surface area contributed by atoms with E-state index in [-0.39, 0.29) is 34.9 Å². The van der Waals surface area contributed by atoms with Gasteiger partial charge in [0.05, 0.1) is 23.5 Å². The number of ether oxygens (including phenoxy) is 2. The number of nitrogens with one attached hydrogen (secondary N) is 1. The van der Waals surface area contributed by atoms with Gasteiger partial charge in [0.2, 0.25) is 10.0 Å². The van der Waals surface area contributed by atoms with Gasteiger partial charge < -0.3 is 14.8 Å². The molecule has 1 saturated heterocycles. The van der Waals surface area contributed by atoms with Crippen molar-refractivity contribution < 1.29 is 27.5 Å². The number of esters is 1. The van der Waals surface area contributed by atoms with E-state index in [0.29, 0.717) is 42.5 Å². The summed E-state index contributed by atoms with van der Waals surface area (Å²) in [6.07, 6.45) is 0.641. The van der Waals surface area contributed by atoms with Crippen molar-refractivity contribution in [1.82, 2.24) is 14.1 Å². The van der Waals surface area contributed by atoms with Crippen LogP contribution in [-0.4, -0.2) is 67.3 Å². The summed E-state index contributed by atoms with van der Waals surface area (Å²) in [6.45, 7) is 4.45. The minimum Gasteiger partial charge on any atom is -0.451 e. The van der Waals surface area contributed by atoms with Crippen LogP contribution in [0.5, 0.6) is 0 Å². The van der Waals surface area contributed by atoms with Crippen LogP contribution in [0.4, 0.5) is 5.69 Å². The topological polar surface area (TPSA) is 137 Å². The van der Waals surface area contributed by atoms with E-state index in [1.807, 2.05) is 6.92 Å². The number of hydrogen-bond acceptors (Lipinski definition) is 8. The van der Waals surface area contributed by atoms with Gasteiger partial charge >= 0.3 is 5.97 Å². The lowest BCUT2D eigenvalue weighted by Crippen LogP contribution is -2.40. The van der Waals surface area contributed by atoms with Crippen LogP contribution in [0.3, 0.4) is 0 Å². The third-order valence-electron chi connectivity index (χ3n) is 5.92. The number of carbonyl (C=O) groups is 2. The first-order valence-corrected chi connectivity index (χ1v) is 13.3. The summed E-state index contributed by atoms with van der Waals surface area (Å²) in [5.74, 6) is -1.50. The molecular weight excluding hydrogens is 500 g/mol. The van der Waals surface area contributed by atoms with Crippen LogP contribution < -0.4 is 10.9 Å². The molecule has 2 heterocycles. The van der Waals surface area contributed by atoms with Crippen LogP contribution in [0.15, 0.2) is 52.2 Å². The molecule has 3 aromatic rings. The third-order valence-corrected chi connectivity index (χ3v) is 7.82. The smallest absolute Gasteiger partial charge is 0.359 e. The lowest BCUT2D eigenvalue weighted by molar-refractivity contribution is -0.119. The minimum absolute atomic E-state index is 0.0427. The summed E-state index contributed by atoms with van der Waals surface area (Å²) in [5.41, 5.74) is 0.552. The Balaban J connectivity index is 1.49. The van der Waals surface area contributed by atoms with Crippen molar-refractivity contribution >= 4 is 38.4 Å². The van der Waals surface area contributed by atoms with Crippen molar-refractivity contribution in [2.45, 2.75) is 31.7 Å². The molecule has 1 aliphatic rings. The first-order valence-electron chi connectivity index (χ1n) is 11.9. The Kier molecular flexibility index (Phi) is 8.00. The van der Waals surface area contributed by atoms with E-state index in [0.717, 1.165) is 0 Å². The molecule has 1 amide bonds. The second-order valence-electron chi connectivity index (χ2n) is 8.54. The fourth-order valence-electron chi connectivity index (χ4n) is 3.97. The molecule has 1 N–H and O–H groups in total. The number of benzene rings is 2. The number of rotatable bonds is 8. The molecule has 0 unspecified atom stereocenters. The Bertz CT molecular complexity index is 1490. The quantitative estimate of drug-likeness (QED) is 0.438. The Labute approximate surface area is 214 Å². The number of sulfonamides is 1. The SMILES string of the molecule is CCCn1nc(C(=O)OCC(=O)Nc2cc(S(=O)(=O)N3CCOCC3)ccc2C)c2ccccc2c1=O. The van der Waals surface area contributed by atoms with Gasteiger partial charge in [-0.2, -0.15) is 9.40 Å². The van der Waals surface area contributed by atoms with Crippen LogP contribution >= 0.6 is 0 Å². The molecule has 0 bridgehead atoms. The predicted octanol–water partition coefficient (Wildman–Crippen LogP) is 1.93. The zero-order chi connectivity index (χ0) is 26.6. The first-order chi connectivity index (χ1) is 17.7. The fraction of sp³-hybridized carbons (Fsp3) is 0.360. The van der Waals surface area contributed by atoms with E-state index in [2.05, 4.69) is 10.4 Å². The highest BCUT2D eigenvalue weighted by Crippen LogP contribution is 2.24. The molecule has 0 radical (unpaired) electrons. The van der Waals surface area contributed by atoms with Crippen molar-refractivity contribution in [3.8, 4) is 0 Å². The minimum atomic E-state index is -3.75. The molecule has 37 heavy (non-hydrogen) atoms. The van der Waals surface area contributed by atoms with Crippen molar-refractivity contribution in [3.05, 3.63) is 64.1 Å². The summed E-state index contributed by atoms with van der Waals surface area (Å²) in [4.78, 5) is 38.1. The molecule has 196 valence electrons. The molecule has 12 heteroatoms. The highest BCUT2D eigenvalue weighted by atomic mass is 32.2. The van der Waals surface area contributed by atoms with Gasteiger partial charge in [-0.25, -0.2) is 17.9 Å². The number of fused-ring (bicyclic) bond motifs is 1. The third kappa shape index (κ3) is 5.71. The van der Waals surface area contributed by atoms with Gasteiger partial charge in [0.1, 0.15) is 0 Å². The lowest BCUT2D eigenvalue weighted by Gasteiger charge is -2.26. The fourth-order valence-corrected chi connectivity index (χ4v) is 5.40. The van der Waals surface area contributed by atoms with Crippen LogP contribution in [0.25, 0.3) is 10.8 Å². The molecule has 0 aliphatic carbocycles. The average Bonchev–Trinajstić information content (AvgIpc) is 2.90.